The second-order valence-electron chi connectivity index (χ2n) is 6.71. The van der Waals surface area contributed by atoms with Gasteiger partial charge in [0.2, 0.25) is 10.0 Å². The zero-order chi connectivity index (χ0) is 19.1. The minimum Gasteiger partial charge on any atom is -0.480 e. The average molecular weight is 382 g/mol. The molecule has 0 amide bonds. The first kappa shape index (κ1) is 18.8. The van der Waals surface area contributed by atoms with Gasteiger partial charge in [0.25, 0.3) is 0 Å². The zero-order valence-electron chi connectivity index (χ0n) is 14.9. The largest absolute Gasteiger partial charge is 0.480 e. The SMILES string of the molecule is CCS(=O)(=O)N1CCC(c2c(C)n(CC(=O)O)c3ccc(F)cc23)CC1. The van der Waals surface area contributed by atoms with Gasteiger partial charge in [-0.15, -0.1) is 0 Å². The fraction of sp³-hybridized carbons (Fsp3) is 0.500. The number of fused-ring (bicyclic) bond motifs is 1. The van der Waals surface area contributed by atoms with Crippen molar-refractivity contribution in [2.45, 2.75) is 39.2 Å². The lowest BCUT2D eigenvalue weighted by molar-refractivity contribution is -0.137. The number of aliphatic carboxylic acids is 1. The van der Waals surface area contributed by atoms with Crippen LogP contribution in [0.15, 0.2) is 18.2 Å². The number of rotatable bonds is 5. The van der Waals surface area contributed by atoms with Crippen LogP contribution in [-0.2, 0) is 21.4 Å². The van der Waals surface area contributed by atoms with Crippen LogP contribution < -0.4 is 0 Å². The number of benzene rings is 1. The lowest BCUT2D eigenvalue weighted by Gasteiger charge is -2.31. The van der Waals surface area contributed by atoms with Gasteiger partial charge in [0, 0.05) is 29.7 Å². The Labute approximate surface area is 152 Å². The van der Waals surface area contributed by atoms with Gasteiger partial charge in [0.15, 0.2) is 0 Å². The summed E-state index contributed by atoms with van der Waals surface area (Å²) >= 11 is 0. The molecule has 1 aliphatic rings. The molecule has 1 aromatic heterocycles. The summed E-state index contributed by atoms with van der Waals surface area (Å²) in [6, 6.07) is 4.40. The molecule has 0 radical (unpaired) electrons. The Morgan fingerprint density at radius 1 is 1.31 bits per heavy atom. The predicted molar refractivity (Wildman–Crippen MR) is 97.3 cm³/mol. The molecule has 0 aliphatic carbocycles. The summed E-state index contributed by atoms with van der Waals surface area (Å²) in [5.74, 6) is -1.15. The Morgan fingerprint density at radius 2 is 1.96 bits per heavy atom. The van der Waals surface area contributed by atoms with E-state index in [1.54, 1.807) is 17.6 Å². The summed E-state index contributed by atoms with van der Waals surface area (Å²) < 4.78 is 41.2. The second-order valence-corrected chi connectivity index (χ2v) is 8.97. The van der Waals surface area contributed by atoms with Crippen LogP contribution in [0.4, 0.5) is 4.39 Å². The van der Waals surface area contributed by atoms with Crippen LogP contribution in [-0.4, -0.2) is 47.2 Å². The Morgan fingerprint density at radius 3 is 2.54 bits per heavy atom. The van der Waals surface area contributed by atoms with Crippen molar-refractivity contribution in [1.82, 2.24) is 8.87 Å². The zero-order valence-corrected chi connectivity index (χ0v) is 15.7. The molecule has 1 saturated heterocycles. The summed E-state index contributed by atoms with van der Waals surface area (Å²) in [6.07, 6.45) is 1.28. The third-order valence-corrected chi connectivity index (χ3v) is 7.13. The summed E-state index contributed by atoms with van der Waals surface area (Å²) in [5.41, 5.74) is 2.45. The van der Waals surface area contributed by atoms with Crippen LogP contribution in [0.2, 0.25) is 0 Å². The minimum atomic E-state index is -3.21. The van der Waals surface area contributed by atoms with Crippen LogP contribution in [0.25, 0.3) is 10.9 Å². The average Bonchev–Trinajstić information content (AvgIpc) is 2.86. The van der Waals surface area contributed by atoms with Gasteiger partial charge < -0.3 is 9.67 Å². The maximum Gasteiger partial charge on any atom is 0.323 e. The normalized spacial score (nSPS) is 17.0. The van der Waals surface area contributed by atoms with Gasteiger partial charge >= 0.3 is 5.97 Å². The number of sulfonamides is 1. The molecule has 0 spiro atoms. The maximum absolute atomic E-state index is 13.8. The van der Waals surface area contributed by atoms with Gasteiger partial charge in [-0.3, -0.25) is 4.79 Å². The molecule has 0 atom stereocenters. The standard InChI is InChI=1S/C18H23FN2O4S/c1-3-26(24,25)20-8-6-13(7-9-20)18-12(2)21(11-17(22)23)16-5-4-14(19)10-15(16)18/h4-5,10,13H,3,6-9,11H2,1-2H3,(H,22,23). The first-order valence-electron chi connectivity index (χ1n) is 8.72. The van der Waals surface area contributed by atoms with E-state index in [1.165, 1.54) is 16.4 Å². The molecule has 2 aromatic rings. The molecule has 26 heavy (non-hydrogen) atoms. The summed E-state index contributed by atoms with van der Waals surface area (Å²) in [7, 11) is -3.21. The third-order valence-electron chi connectivity index (χ3n) is 5.25. The highest BCUT2D eigenvalue weighted by Gasteiger charge is 2.30. The van der Waals surface area contributed by atoms with Crippen molar-refractivity contribution in [2.24, 2.45) is 0 Å². The van der Waals surface area contributed by atoms with Crippen molar-refractivity contribution >= 4 is 26.9 Å². The molecule has 1 aliphatic heterocycles. The van der Waals surface area contributed by atoms with E-state index in [0.29, 0.717) is 31.4 Å². The maximum atomic E-state index is 13.8. The van der Waals surface area contributed by atoms with Crippen molar-refractivity contribution in [3.05, 3.63) is 35.3 Å². The number of piperidine rings is 1. The number of halogens is 1. The number of carboxylic acid groups (broad SMARTS) is 1. The van der Waals surface area contributed by atoms with Crippen LogP contribution in [0.1, 0.15) is 36.9 Å². The van der Waals surface area contributed by atoms with Gasteiger partial charge in [0.05, 0.1) is 5.75 Å². The Hall–Kier alpha value is -1.93. The van der Waals surface area contributed by atoms with Crippen molar-refractivity contribution < 1.29 is 22.7 Å². The molecular formula is C18H23FN2O4S. The summed E-state index contributed by atoms with van der Waals surface area (Å²) in [4.78, 5) is 11.2. The van der Waals surface area contributed by atoms with Crippen LogP contribution in [0, 0.1) is 12.7 Å². The van der Waals surface area contributed by atoms with Crippen LogP contribution >= 0.6 is 0 Å². The van der Waals surface area contributed by atoms with Crippen molar-refractivity contribution in [2.75, 3.05) is 18.8 Å². The second kappa shape index (κ2) is 7.00. The van der Waals surface area contributed by atoms with E-state index < -0.39 is 16.0 Å². The van der Waals surface area contributed by atoms with Gasteiger partial charge in [-0.1, -0.05) is 0 Å². The van der Waals surface area contributed by atoms with E-state index in [4.69, 9.17) is 0 Å². The predicted octanol–water partition coefficient (Wildman–Crippen LogP) is 2.70. The molecule has 1 aromatic carbocycles. The summed E-state index contributed by atoms with van der Waals surface area (Å²) in [6.45, 7) is 4.17. The van der Waals surface area contributed by atoms with Crippen LogP contribution in [0.3, 0.4) is 0 Å². The number of hydrogen-bond donors (Lipinski definition) is 1. The monoisotopic (exact) mass is 382 g/mol. The lowest BCUT2D eigenvalue weighted by atomic mass is 9.88. The quantitative estimate of drug-likeness (QED) is 0.862. The highest BCUT2D eigenvalue weighted by Crippen LogP contribution is 2.38. The highest BCUT2D eigenvalue weighted by molar-refractivity contribution is 7.89. The molecule has 0 unspecified atom stereocenters. The number of nitrogens with zero attached hydrogens (tertiary/aromatic N) is 2. The van der Waals surface area contributed by atoms with Gasteiger partial charge in [-0.25, -0.2) is 17.1 Å². The Kier molecular flexibility index (Phi) is 5.07. The molecule has 2 heterocycles. The van der Waals surface area contributed by atoms with E-state index in [0.717, 1.165) is 16.6 Å². The molecule has 8 heteroatoms. The Balaban J connectivity index is 1.99. The van der Waals surface area contributed by atoms with E-state index in [-0.39, 0.29) is 24.0 Å². The van der Waals surface area contributed by atoms with Crippen molar-refractivity contribution in [3.8, 4) is 0 Å². The van der Waals surface area contributed by atoms with E-state index in [9.17, 15) is 22.7 Å². The third kappa shape index (κ3) is 3.35. The molecule has 142 valence electrons. The Bertz CT molecular complexity index is 944. The van der Waals surface area contributed by atoms with E-state index in [1.807, 2.05) is 6.92 Å². The van der Waals surface area contributed by atoms with E-state index in [2.05, 4.69) is 0 Å². The highest BCUT2D eigenvalue weighted by atomic mass is 32.2. The molecule has 1 fully saturated rings. The topological polar surface area (TPSA) is 79.6 Å². The fourth-order valence-corrected chi connectivity index (χ4v) is 5.07. The van der Waals surface area contributed by atoms with Crippen molar-refractivity contribution in [3.63, 3.8) is 0 Å². The minimum absolute atomic E-state index is 0.0812. The molecule has 0 saturated carbocycles. The smallest absolute Gasteiger partial charge is 0.323 e. The van der Waals surface area contributed by atoms with Crippen LogP contribution in [0.5, 0.6) is 0 Å². The lowest BCUT2D eigenvalue weighted by Crippen LogP contribution is -2.38. The molecule has 1 N–H and O–H groups in total. The van der Waals surface area contributed by atoms with Gasteiger partial charge in [-0.2, -0.15) is 0 Å². The first-order chi connectivity index (χ1) is 12.2. The number of aromatic nitrogens is 1. The van der Waals surface area contributed by atoms with E-state index >= 15 is 0 Å². The number of hydrogen-bond acceptors (Lipinski definition) is 3. The van der Waals surface area contributed by atoms with Crippen molar-refractivity contribution in [1.29, 1.82) is 0 Å². The molecule has 3 rings (SSSR count). The number of carboxylic acids is 1. The van der Waals surface area contributed by atoms with Gasteiger partial charge in [0.1, 0.15) is 12.4 Å². The fourth-order valence-electron chi connectivity index (χ4n) is 3.94. The van der Waals surface area contributed by atoms with Gasteiger partial charge in [-0.05, 0) is 56.4 Å². The molecule has 6 nitrogen and oxygen atoms in total. The first-order valence-corrected chi connectivity index (χ1v) is 10.3. The number of carbonyl (C=O) groups is 1. The molecule has 0 bridgehead atoms. The summed E-state index contributed by atoms with van der Waals surface area (Å²) in [5, 5.41) is 9.93. The molecular weight excluding hydrogens is 359 g/mol.